The molecule has 0 N–H and O–H groups in total. The molecule has 3 heterocycles. The van der Waals surface area contributed by atoms with E-state index >= 15 is 0 Å². The molecule has 3 aliphatic rings. The molecule has 1 amide bonds. The maximum atomic E-state index is 13.3. The molecule has 1 aliphatic carbocycles. The summed E-state index contributed by atoms with van der Waals surface area (Å²) in [5, 5.41) is 0. The fourth-order valence-electron chi connectivity index (χ4n) is 6.82. The lowest BCUT2D eigenvalue weighted by Crippen LogP contribution is -2.62. The van der Waals surface area contributed by atoms with Crippen molar-refractivity contribution in [2.24, 2.45) is 0 Å². The monoisotopic (exact) mass is 545 g/mol. The lowest BCUT2D eigenvalue weighted by molar-refractivity contribution is -0.137. The molecular weight excluding hydrogens is 507 g/mol. The Morgan fingerprint density at radius 1 is 1.08 bits per heavy atom. The number of alkyl halides is 3. The van der Waals surface area contributed by atoms with Crippen molar-refractivity contribution in [3.63, 3.8) is 0 Å². The van der Waals surface area contributed by atoms with Crippen molar-refractivity contribution in [3.05, 3.63) is 58.2 Å². The van der Waals surface area contributed by atoms with E-state index in [1.165, 1.54) is 18.5 Å². The van der Waals surface area contributed by atoms with Gasteiger partial charge in [0.15, 0.2) is 0 Å². The van der Waals surface area contributed by atoms with Crippen LogP contribution in [-0.4, -0.2) is 88.1 Å². The molecule has 3 atom stereocenters. The van der Waals surface area contributed by atoms with Gasteiger partial charge in [0.2, 0.25) is 0 Å². The fraction of sp³-hybridized carbons (Fsp3) is 0.621. The quantitative estimate of drug-likeness (QED) is 0.567. The summed E-state index contributed by atoms with van der Waals surface area (Å²) in [6, 6.07) is 4.29. The van der Waals surface area contributed by atoms with Gasteiger partial charge in [-0.15, -0.1) is 0 Å². The Balaban J connectivity index is 1.25. The number of piperazine rings is 1. The largest absolute Gasteiger partial charge is 0.416 e. The van der Waals surface area contributed by atoms with Crippen molar-refractivity contribution < 1.29 is 22.7 Å². The van der Waals surface area contributed by atoms with Crippen LogP contribution >= 0.6 is 0 Å². The smallest absolute Gasteiger partial charge is 0.379 e. The van der Waals surface area contributed by atoms with Gasteiger partial charge in [0.05, 0.1) is 34.7 Å². The maximum absolute atomic E-state index is 13.3. The Kier molecular flexibility index (Phi) is 7.50. The maximum Gasteiger partial charge on any atom is 0.416 e. The minimum atomic E-state index is -4.35. The van der Waals surface area contributed by atoms with Crippen molar-refractivity contribution in [3.8, 4) is 0 Å². The third-order valence-corrected chi connectivity index (χ3v) is 9.23. The standard InChI is InChI=1S/C29H38F3N5O2/c1-18-16-36(28(4)8-10-35(11-9-28)27(38)25-19(2)33-17-34-20(25)3)12-13-37(18)26-23-7-6-22(29(30,31)32)14-21(23)15-24(26)39-5/h6-7,14,17-18,24,26H,8-13,15-16H2,1-5H3/t18-,24-,26-/m0/s1. The Morgan fingerprint density at radius 2 is 1.74 bits per heavy atom. The number of amides is 1. The molecule has 7 nitrogen and oxygen atoms in total. The SMILES string of the molecule is CO[C@H]1Cc2cc(C(F)(F)F)ccc2[C@@H]1N1CCN(C2(C)CCN(C(=O)c3c(C)ncnc3C)CC2)C[C@@H]1C. The molecule has 2 aromatic rings. The molecule has 0 spiro atoms. The summed E-state index contributed by atoms with van der Waals surface area (Å²) < 4.78 is 45.8. The summed E-state index contributed by atoms with van der Waals surface area (Å²) in [4.78, 5) is 28.6. The van der Waals surface area contributed by atoms with Crippen molar-refractivity contribution in [1.29, 1.82) is 0 Å². The van der Waals surface area contributed by atoms with Crippen LogP contribution in [0.4, 0.5) is 13.2 Å². The van der Waals surface area contributed by atoms with Crippen molar-refractivity contribution in [2.45, 2.75) is 76.9 Å². The molecule has 2 saturated heterocycles. The van der Waals surface area contributed by atoms with E-state index in [0.717, 1.165) is 43.6 Å². The molecule has 2 fully saturated rings. The molecule has 0 unspecified atom stereocenters. The Labute approximate surface area is 228 Å². The van der Waals surface area contributed by atoms with Crippen molar-refractivity contribution >= 4 is 5.91 Å². The highest BCUT2D eigenvalue weighted by Crippen LogP contribution is 2.43. The predicted molar refractivity (Wildman–Crippen MR) is 141 cm³/mol. The minimum absolute atomic E-state index is 0.00465. The molecule has 0 bridgehead atoms. The number of carbonyl (C=O) groups is 1. The highest BCUT2D eigenvalue weighted by atomic mass is 19.4. The number of rotatable bonds is 4. The Hall–Kier alpha value is -2.56. The van der Waals surface area contributed by atoms with Crippen LogP contribution in [0.2, 0.25) is 0 Å². The van der Waals surface area contributed by atoms with E-state index in [-0.39, 0.29) is 29.6 Å². The van der Waals surface area contributed by atoms with E-state index < -0.39 is 11.7 Å². The van der Waals surface area contributed by atoms with Gasteiger partial charge in [-0.05, 0) is 63.8 Å². The van der Waals surface area contributed by atoms with E-state index in [1.807, 2.05) is 18.7 Å². The summed E-state index contributed by atoms with van der Waals surface area (Å²) in [5.41, 5.74) is 3.09. The van der Waals surface area contributed by atoms with Gasteiger partial charge < -0.3 is 9.64 Å². The normalized spacial score (nSPS) is 26.1. The lowest BCUT2D eigenvalue weighted by atomic mass is 9.86. The highest BCUT2D eigenvalue weighted by Gasteiger charge is 2.45. The average molecular weight is 546 g/mol. The molecule has 212 valence electrons. The number of benzene rings is 1. The van der Waals surface area contributed by atoms with Crippen molar-refractivity contribution in [2.75, 3.05) is 39.8 Å². The van der Waals surface area contributed by atoms with Crippen LogP contribution < -0.4 is 0 Å². The van der Waals surface area contributed by atoms with Gasteiger partial charge in [-0.3, -0.25) is 14.6 Å². The molecule has 0 saturated carbocycles. The zero-order valence-electron chi connectivity index (χ0n) is 23.4. The van der Waals surface area contributed by atoms with E-state index in [9.17, 15) is 18.0 Å². The number of carbonyl (C=O) groups excluding carboxylic acids is 1. The first kappa shape index (κ1) is 28.0. The first-order chi connectivity index (χ1) is 18.4. The third kappa shape index (κ3) is 5.18. The Bertz CT molecular complexity index is 1210. The van der Waals surface area contributed by atoms with Crippen LogP contribution in [0, 0.1) is 13.8 Å². The van der Waals surface area contributed by atoms with E-state index in [4.69, 9.17) is 4.74 Å². The summed E-state index contributed by atoms with van der Waals surface area (Å²) in [5.74, 6) is 0.00465. The molecule has 39 heavy (non-hydrogen) atoms. The Morgan fingerprint density at radius 3 is 2.33 bits per heavy atom. The fourth-order valence-corrected chi connectivity index (χ4v) is 6.82. The highest BCUT2D eigenvalue weighted by molar-refractivity contribution is 5.96. The number of piperidine rings is 1. The van der Waals surface area contributed by atoms with Crippen LogP contribution in [0.5, 0.6) is 0 Å². The lowest BCUT2D eigenvalue weighted by Gasteiger charge is -2.53. The molecule has 10 heteroatoms. The van der Waals surface area contributed by atoms with E-state index in [2.05, 4.69) is 33.6 Å². The van der Waals surface area contributed by atoms with Gasteiger partial charge in [-0.25, -0.2) is 9.97 Å². The predicted octanol–water partition coefficient (Wildman–Crippen LogP) is 4.43. The summed E-state index contributed by atoms with van der Waals surface area (Å²) >= 11 is 0. The number of aromatic nitrogens is 2. The zero-order valence-corrected chi connectivity index (χ0v) is 23.4. The van der Waals surface area contributed by atoms with Crippen LogP contribution in [-0.2, 0) is 17.3 Å². The number of likely N-dealkylation sites (tertiary alicyclic amines) is 1. The second kappa shape index (κ2) is 10.4. The number of aryl methyl sites for hydroxylation is 2. The zero-order chi connectivity index (χ0) is 28.1. The molecule has 1 aromatic carbocycles. The number of methoxy groups -OCH3 is 1. The number of fused-ring (bicyclic) bond motifs is 1. The van der Waals surface area contributed by atoms with Crippen LogP contribution in [0.3, 0.4) is 0 Å². The number of hydrogen-bond acceptors (Lipinski definition) is 6. The summed E-state index contributed by atoms with van der Waals surface area (Å²) in [7, 11) is 1.65. The van der Waals surface area contributed by atoms with Gasteiger partial charge in [0, 0.05) is 57.8 Å². The second-order valence-corrected chi connectivity index (χ2v) is 11.6. The van der Waals surface area contributed by atoms with Gasteiger partial charge in [0.25, 0.3) is 5.91 Å². The van der Waals surface area contributed by atoms with Crippen LogP contribution in [0.1, 0.15) is 71.2 Å². The first-order valence-electron chi connectivity index (χ1n) is 13.7. The molecule has 0 radical (unpaired) electrons. The van der Waals surface area contributed by atoms with Crippen LogP contribution in [0.25, 0.3) is 0 Å². The first-order valence-corrected chi connectivity index (χ1v) is 13.7. The number of nitrogens with zero attached hydrogens (tertiary/aromatic N) is 5. The third-order valence-electron chi connectivity index (χ3n) is 9.23. The number of ether oxygens (including phenoxy) is 1. The number of hydrogen-bond donors (Lipinski definition) is 0. The molecular formula is C29H38F3N5O2. The van der Waals surface area contributed by atoms with Gasteiger partial charge in [0.1, 0.15) is 6.33 Å². The number of halogens is 3. The summed E-state index contributed by atoms with van der Waals surface area (Å²) in [6.45, 7) is 12.1. The van der Waals surface area contributed by atoms with E-state index in [0.29, 0.717) is 36.5 Å². The van der Waals surface area contributed by atoms with Gasteiger partial charge in [-0.1, -0.05) is 6.07 Å². The minimum Gasteiger partial charge on any atom is -0.379 e. The molecule has 2 aliphatic heterocycles. The average Bonchev–Trinajstić information content (AvgIpc) is 3.26. The second-order valence-electron chi connectivity index (χ2n) is 11.6. The van der Waals surface area contributed by atoms with Gasteiger partial charge in [-0.2, -0.15) is 13.2 Å². The molecule has 5 rings (SSSR count). The van der Waals surface area contributed by atoms with Gasteiger partial charge >= 0.3 is 6.18 Å². The van der Waals surface area contributed by atoms with E-state index in [1.54, 1.807) is 13.2 Å². The topological polar surface area (TPSA) is 61.8 Å². The van der Waals surface area contributed by atoms with Crippen molar-refractivity contribution in [1.82, 2.24) is 24.7 Å². The van der Waals surface area contributed by atoms with Crippen LogP contribution in [0.15, 0.2) is 24.5 Å². The molecule has 1 aromatic heterocycles. The summed E-state index contributed by atoms with van der Waals surface area (Å²) in [6.07, 6.45) is -0.781.